The number of piperidine rings is 1. The average molecular weight is 343 g/mol. The Hall–Kier alpha value is -2.08. The lowest BCUT2D eigenvalue weighted by Gasteiger charge is -2.32. The van der Waals surface area contributed by atoms with Gasteiger partial charge in [-0.15, -0.1) is 11.8 Å². The highest BCUT2D eigenvalue weighted by Gasteiger charge is 2.31. The van der Waals surface area contributed by atoms with Crippen molar-refractivity contribution in [1.29, 1.82) is 0 Å². The van der Waals surface area contributed by atoms with Gasteiger partial charge in [0, 0.05) is 43.3 Å². The fourth-order valence-electron chi connectivity index (χ4n) is 3.15. The Bertz CT molecular complexity index is 756. The summed E-state index contributed by atoms with van der Waals surface area (Å²) in [5.74, 6) is 0.333. The van der Waals surface area contributed by atoms with E-state index in [0.717, 1.165) is 23.3 Å². The fourth-order valence-corrected chi connectivity index (χ4v) is 3.74. The third kappa shape index (κ3) is 3.24. The highest BCUT2D eigenvalue weighted by atomic mass is 32.2. The van der Waals surface area contributed by atoms with Crippen molar-refractivity contribution < 1.29 is 9.59 Å². The van der Waals surface area contributed by atoms with Gasteiger partial charge in [0.25, 0.3) is 5.91 Å². The van der Waals surface area contributed by atoms with E-state index in [1.807, 2.05) is 42.5 Å². The second kappa shape index (κ2) is 7.21. The van der Waals surface area contributed by atoms with Crippen LogP contribution in [0.4, 0.5) is 0 Å². The first kappa shape index (κ1) is 16.8. The molecule has 1 aromatic heterocycles. The molecule has 0 aliphatic carbocycles. The Morgan fingerprint density at radius 2 is 2.08 bits per heavy atom. The van der Waals surface area contributed by atoms with Crippen LogP contribution in [0.2, 0.25) is 0 Å². The molecule has 0 N–H and O–H groups in total. The number of aryl methyl sites for hydroxylation is 1. The molecule has 126 valence electrons. The van der Waals surface area contributed by atoms with Gasteiger partial charge in [0.15, 0.2) is 5.82 Å². The first-order chi connectivity index (χ1) is 11.6. The molecule has 0 unspecified atom stereocenters. The maximum Gasteiger partial charge on any atom is 0.255 e. The summed E-state index contributed by atoms with van der Waals surface area (Å²) in [6.07, 6.45) is 7.02. The number of carbonyl (C=O) groups is 2. The van der Waals surface area contributed by atoms with E-state index < -0.39 is 0 Å². The minimum Gasteiger partial charge on any atom is -0.338 e. The summed E-state index contributed by atoms with van der Waals surface area (Å²) in [7, 11) is 1.82. The van der Waals surface area contributed by atoms with Crippen LogP contribution in [-0.2, 0) is 7.05 Å². The van der Waals surface area contributed by atoms with Crippen molar-refractivity contribution in [2.75, 3.05) is 19.3 Å². The minimum atomic E-state index is -0.176. The first-order valence-electron chi connectivity index (χ1n) is 8.05. The maximum absolute atomic E-state index is 12.9. The first-order valence-corrected chi connectivity index (χ1v) is 9.28. The van der Waals surface area contributed by atoms with Crippen LogP contribution in [0.3, 0.4) is 0 Å². The van der Waals surface area contributed by atoms with Gasteiger partial charge < -0.3 is 9.47 Å². The zero-order valence-electron chi connectivity index (χ0n) is 13.9. The molecule has 1 saturated heterocycles. The SMILES string of the molecule is CSc1ccccc1C(=O)N1CCC[C@H](C(=O)c2nccn2C)C1. The summed E-state index contributed by atoms with van der Waals surface area (Å²) in [6.45, 7) is 1.17. The highest BCUT2D eigenvalue weighted by Crippen LogP contribution is 2.25. The van der Waals surface area contributed by atoms with E-state index in [1.54, 1.807) is 28.7 Å². The summed E-state index contributed by atoms with van der Waals surface area (Å²) in [4.78, 5) is 32.5. The van der Waals surface area contributed by atoms with Gasteiger partial charge in [0.1, 0.15) is 0 Å². The van der Waals surface area contributed by atoms with Gasteiger partial charge in [0.2, 0.25) is 5.78 Å². The molecule has 24 heavy (non-hydrogen) atoms. The summed E-state index contributed by atoms with van der Waals surface area (Å²) in [6, 6.07) is 7.64. The number of likely N-dealkylation sites (tertiary alicyclic amines) is 1. The Kier molecular flexibility index (Phi) is 5.04. The quantitative estimate of drug-likeness (QED) is 0.633. The number of rotatable bonds is 4. The molecule has 2 aromatic rings. The van der Waals surface area contributed by atoms with Crippen molar-refractivity contribution in [1.82, 2.24) is 14.5 Å². The van der Waals surface area contributed by atoms with Crippen molar-refractivity contribution in [3.63, 3.8) is 0 Å². The lowest BCUT2D eigenvalue weighted by atomic mass is 9.93. The third-order valence-electron chi connectivity index (χ3n) is 4.46. The van der Waals surface area contributed by atoms with Crippen molar-refractivity contribution in [2.45, 2.75) is 17.7 Å². The van der Waals surface area contributed by atoms with Gasteiger partial charge in [-0.3, -0.25) is 9.59 Å². The molecule has 0 radical (unpaired) electrons. The predicted molar refractivity (Wildman–Crippen MR) is 94.4 cm³/mol. The molecule has 0 bridgehead atoms. The van der Waals surface area contributed by atoms with Gasteiger partial charge in [-0.25, -0.2) is 4.98 Å². The van der Waals surface area contributed by atoms with E-state index in [9.17, 15) is 9.59 Å². The van der Waals surface area contributed by atoms with Crippen LogP contribution >= 0.6 is 11.8 Å². The lowest BCUT2D eigenvalue weighted by Crippen LogP contribution is -2.42. The van der Waals surface area contributed by atoms with Crippen molar-refractivity contribution in [2.24, 2.45) is 13.0 Å². The Balaban J connectivity index is 1.77. The van der Waals surface area contributed by atoms with Gasteiger partial charge >= 0.3 is 0 Å². The second-order valence-electron chi connectivity index (χ2n) is 6.02. The molecule has 1 aromatic carbocycles. The van der Waals surface area contributed by atoms with Crippen LogP contribution in [0.15, 0.2) is 41.6 Å². The van der Waals surface area contributed by atoms with E-state index in [4.69, 9.17) is 0 Å². The number of thioether (sulfide) groups is 1. The van der Waals surface area contributed by atoms with Crippen LogP contribution < -0.4 is 0 Å². The van der Waals surface area contributed by atoms with Gasteiger partial charge in [-0.2, -0.15) is 0 Å². The maximum atomic E-state index is 12.9. The standard InChI is InChI=1S/C18H21N3O2S/c1-20-11-9-19-17(20)16(22)13-6-5-10-21(12-13)18(23)14-7-3-4-8-15(14)24-2/h3-4,7-9,11,13H,5-6,10,12H2,1-2H3/t13-/m0/s1. The smallest absolute Gasteiger partial charge is 0.255 e. The van der Waals surface area contributed by atoms with Crippen LogP contribution in [0.1, 0.15) is 33.8 Å². The van der Waals surface area contributed by atoms with Crippen molar-refractivity contribution in [3.05, 3.63) is 48.0 Å². The monoisotopic (exact) mass is 343 g/mol. The van der Waals surface area contributed by atoms with Gasteiger partial charge in [-0.1, -0.05) is 12.1 Å². The number of hydrogen-bond acceptors (Lipinski definition) is 4. The molecule has 1 amide bonds. The average Bonchev–Trinajstić information content (AvgIpc) is 3.06. The lowest BCUT2D eigenvalue weighted by molar-refractivity contribution is 0.0630. The van der Waals surface area contributed by atoms with E-state index in [-0.39, 0.29) is 17.6 Å². The molecule has 1 aliphatic rings. The van der Waals surface area contributed by atoms with Crippen LogP contribution in [0.25, 0.3) is 0 Å². The number of imidazole rings is 1. The summed E-state index contributed by atoms with van der Waals surface area (Å²) in [5.41, 5.74) is 0.718. The number of carbonyl (C=O) groups excluding carboxylic acids is 2. The number of Topliss-reactive ketones (excluding diaryl/α,β-unsaturated/α-hetero) is 1. The van der Waals surface area contributed by atoms with E-state index >= 15 is 0 Å². The molecule has 2 heterocycles. The molecule has 1 aliphatic heterocycles. The van der Waals surface area contributed by atoms with E-state index in [2.05, 4.69) is 4.98 Å². The minimum absolute atomic E-state index is 0.0114. The van der Waals surface area contributed by atoms with Crippen LogP contribution in [0.5, 0.6) is 0 Å². The summed E-state index contributed by atoms with van der Waals surface area (Å²) in [5, 5.41) is 0. The molecule has 1 atom stereocenters. The van der Waals surface area contributed by atoms with E-state index in [0.29, 0.717) is 18.9 Å². The molecule has 3 rings (SSSR count). The highest BCUT2D eigenvalue weighted by molar-refractivity contribution is 7.98. The molecular weight excluding hydrogens is 322 g/mol. The molecule has 6 heteroatoms. The molecular formula is C18H21N3O2S. The third-order valence-corrected chi connectivity index (χ3v) is 5.25. The predicted octanol–water partition coefficient (Wildman–Crippen LogP) is 2.88. The Morgan fingerprint density at radius 1 is 1.29 bits per heavy atom. The van der Waals surface area contributed by atoms with Crippen molar-refractivity contribution >= 4 is 23.5 Å². The second-order valence-corrected chi connectivity index (χ2v) is 6.86. The fraction of sp³-hybridized carbons (Fsp3) is 0.389. The number of benzene rings is 1. The molecule has 0 spiro atoms. The van der Waals surface area contributed by atoms with Crippen LogP contribution in [-0.4, -0.2) is 45.5 Å². The number of ketones is 1. The van der Waals surface area contributed by atoms with Crippen molar-refractivity contribution in [3.8, 4) is 0 Å². The number of amides is 1. The molecule has 1 fully saturated rings. The summed E-state index contributed by atoms with van der Waals surface area (Å²) >= 11 is 1.57. The van der Waals surface area contributed by atoms with Gasteiger partial charge in [-0.05, 0) is 31.2 Å². The normalized spacial score (nSPS) is 17.8. The molecule has 5 nitrogen and oxygen atoms in total. The number of nitrogens with zero attached hydrogens (tertiary/aromatic N) is 3. The zero-order valence-corrected chi connectivity index (χ0v) is 14.8. The van der Waals surface area contributed by atoms with Gasteiger partial charge in [0.05, 0.1) is 5.56 Å². The van der Waals surface area contributed by atoms with E-state index in [1.165, 1.54) is 0 Å². The Labute approximate surface area is 146 Å². The topological polar surface area (TPSA) is 55.2 Å². The number of hydrogen-bond donors (Lipinski definition) is 0. The Morgan fingerprint density at radius 3 is 2.79 bits per heavy atom. The summed E-state index contributed by atoms with van der Waals surface area (Å²) < 4.78 is 1.74. The number of aromatic nitrogens is 2. The largest absolute Gasteiger partial charge is 0.338 e. The zero-order chi connectivity index (χ0) is 17.1. The van der Waals surface area contributed by atoms with Crippen LogP contribution in [0, 0.1) is 5.92 Å². The molecule has 0 saturated carbocycles.